The summed E-state index contributed by atoms with van der Waals surface area (Å²) in [6.45, 7) is 2.57. The van der Waals surface area contributed by atoms with E-state index in [4.69, 9.17) is 10.2 Å². The molecule has 4 heteroatoms. The van der Waals surface area contributed by atoms with Crippen LogP contribution < -0.4 is 5.73 Å². The largest absolute Gasteiger partial charge is 0.460 e. The van der Waals surface area contributed by atoms with Crippen molar-refractivity contribution in [3.8, 4) is 11.5 Å². The van der Waals surface area contributed by atoms with E-state index in [-0.39, 0.29) is 0 Å². The van der Waals surface area contributed by atoms with E-state index in [1.54, 1.807) is 11.3 Å². The molecular weight excluding hydrogens is 196 g/mol. The molecule has 2 rings (SSSR count). The predicted molar refractivity (Wildman–Crippen MR) is 57.3 cm³/mol. The quantitative estimate of drug-likeness (QED) is 0.841. The average Bonchev–Trinajstić information content (AvgIpc) is 2.74. The maximum atomic E-state index is 5.47. The summed E-state index contributed by atoms with van der Waals surface area (Å²) in [5.41, 5.74) is 6.36. The zero-order chi connectivity index (χ0) is 9.97. The molecule has 0 unspecified atom stereocenters. The maximum absolute atomic E-state index is 5.47. The van der Waals surface area contributed by atoms with Crippen LogP contribution in [0.3, 0.4) is 0 Å². The topological polar surface area (TPSA) is 52.0 Å². The second-order valence-electron chi connectivity index (χ2n) is 3.08. The highest BCUT2D eigenvalue weighted by Crippen LogP contribution is 2.23. The fourth-order valence-electron chi connectivity index (χ4n) is 1.23. The Kier molecular flexibility index (Phi) is 2.65. The van der Waals surface area contributed by atoms with Crippen LogP contribution in [0.4, 0.5) is 0 Å². The van der Waals surface area contributed by atoms with Crippen molar-refractivity contribution in [2.24, 2.45) is 5.73 Å². The molecule has 2 aromatic rings. The van der Waals surface area contributed by atoms with Crippen molar-refractivity contribution in [1.82, 2.24) is 4.98 Å². The lowest BCUT2D eigenvalue weighted by Crippen LogP contribution is -2.01. The van der Waals surface area contributed by atoms with E-state index in [0.717, 1.165) is 28.6 Å². The summed E-state index contributed by atoms with van der Waals surface area (Å²) >= 11 is 1.63. The van der Waals surface area contributed by atoms with Gasteiger partial charge in [0.2, 0.25) is 0 Å². The molecule has 0 aliphatic rings. The van der Waals surface area contributed by atoms with E-state index in [9.17, 15) is 0 Å². The first kappa shape index (κ1) is 9.43. The Bertz CT molecular complexity index is 419. The highest BCUT2D eigenvalue weighted by atomic mass is 32.1. The highest BCUT2D eigenvalue weighted by molar-refractivity contribution is 7.09. The van der Waals surface area contributed by atoms with Gasteiger partial charge in [-0.05, 0) is 25.6 Å². The van der Waals surface area contributed by atoms with Gasteiger partial charge in [-0.15, -0.1) is 11.3 Å². The SMILES string of the molecule is Cc1ccc(-c2csc(CCN)n2)o1. The van der Waals surface area contributed by atoms with Crippen LogP contribution in [0.15, 0.2) is 21.9 Å². The van der Waals surface area contributed by atoms with Gasteiger partial charge in [-0.3, -0.25) is 0 Å². The van der Waals surface area contributed by atoms with Crippen molar-refractivity contribution in [2.45, 2.75) is 13.3 Å². The molecule has 0 amide bonds. The molecule has 2 N–H and O–H groups in total. The fraction of sp³-hybridized carbons (Fsp3) is 0.300. The van der Waals surface area contributed by atoms with Crippen molar-refractivity contribution in [1.29, 1.82) is 0 Å². The molecule has 0 atom stereocenters. The van der Waals surface area contributed by atoms with Crippen LogP contribution in [0.2, 0.25) is 0 Å². The average molecular weight is 208 g/mol. The summed E-state index contributed by atoms with van der Waals surface area (Å²) in [4.78, 5) is 4.43. The van der Waals surface area contributed by atoms with Crippen LogP contribution in [-0.4, -0.2) is 11.5 Å². The van der Waals surface area contributed by atoms with Crippen molar-refractivity contribution in [3.63, 3.8) is 0 Å². The van der Waals surface area contributed by atoms with Gasteiger partial charge in [-0.25, -0.2) is 4.98 Å². The first-order chi connectivity index (χ1) is 6.79. The highest BCUT2D eigenvalue weighted by Gasteiger charge is 2.06. The van der Waals surface area contributed by atoms with Crippen LogP contribution in [-0.2, 0) is 6.42 Å². The van der Waals surface area contributed by atoms with E-state index in [1.165, 1.54) is 0 Å². The Balaban J connectivity index is 2.24. The molecule has 0 aliphatic carbocycles. The number of rotatable bonds is 3. The predicted octanol–water partition coefficient (Wildman–Crippen LogP) is 2.21. The molecule has 2 heterocycles. The fourth-order valence-corrected chi connectivity index (χ4v) is 2.04. The molecule has 0 radical (unpaired) electrons. The third-order valence-corrected chi connectivity index (χ3v) is 2.81. The molecular formula is C10H12N2OS. The van der Waals surface area contributed by atoms with E-state index in [2.05, 4.69) is 4.98 Å². The van der Waals surface area contributed by atoms with Gasteiger partial charge in [0.05, 0.1) is 5.01 Å². The van der Waals surface area contributed by atoms with E-state index in [1.807, 2.05) is 24.4 Å². The molecule has 0 saturated heterocycles. The third-order valence-electron chi connectivity index (χ3n) is 1.90. The molecule has 0 bridgehead atoms. The van der Waals surface area contributed by atoms with Crippen LogP contribution in [0, 0.1) is 6.92 Å². The second kappa shape index (κ2) is 3.94. The van der Waals surface area contributed by atoms with Gasteiger partial charge in [-0.2, -0.15) is 0 Å². The van der Waals surface area contributed by atoms with Crippen LogP contribution in [0.1, 0.15) is 10.8 Å². The lowest BCUT2D eigenvalue weighted by molar-refractivity contribution is 0.546. The van der Waals surface area contributed by atoms with E-state index < -0.39 is 0 Å². The summed E-state index contributed by atoms with van der Waals surface area (Å²) in [5, 5.41) is 3.07. The smallest absolute Gasteiger partial charge is 0.153 e. The molecule has 74 valence electrons. The van der Waals surface area contributed by atoms with E-state index in [0.29, 0.717) is 6.54 Å². The number of hydrogen-bond donors (Lipinski definition) is 1. The lowest BCUT2D eigenvalue weighted by Gasteiger charge is -1.89. The molecule has 14 heavy (non-hydrogen) atoms. The lowest BCUT2D eigenvalue weighted by atomic mass is 10.3. The molecule has 0 fully saturated rings. The van der Waals surface area contributed by atoms with Crippen LogP contribution in [0.5, 0.6) is 0 Å². The van der Waals surface area contributed by atoms with Crippen molar-refractivity contribution >= 4 is 11.3 Å². The van der Waals surface area contributed by atoms with Gasteiger partial charge in [0.1, 0.15) is 11.5 Å². The Morgan fingerprint density at radius 3 is 3.00 bits per heavy atom. The molecule has 0 aliphatic heterocycles. The number of nitrogens with zero attached hydrogens (tertiary/aromatic N) is 1. The molecule has 3 nitrogen and oxygen atoms in total. The minimum atomic E-state index is 0.643. The van der Waals surface area contributed by atoms with Gasteiger partial charge < -0.3 is 10.2 Å². The van der Waals surface area contributed by atoms with Crippen LogP contribution in [0.25, 0.3) is 11.5 Å². The number of nitrogens with two attached hydrogens (primary N) is 1. The standard InChI is InChI=1S/C10H12N2OS/c1-7-2-3-9(13-7)8-6-14-10(12-8)4-5-11/h2-3,6H,4-5,11H2,1H3. The first-order valence-electron chi connectivity index (χ1n) is 4.51. The van der Waals surface area contributed by atoms with Gasteiger partial charge in [0.25, 0.3) is 0 Å². The number of thiazole rings is 1. The number of aromatic nitrogens is 1. The molecule has 0 spiro atoms. The first-order valence-corrected chi connectivity index (χ1v) is 5.39. The number of aryl methyl sites for hydroxylation is 1. The minimum absolute atomic E-state index is 0.643. The number of furan rings is 1. The van der Waals surface area contributed by atoms with Crippen molar-refractivity contribution in [2.75, 3.05) is 6.54 Å². The summed E-state index contributed by atoms with van der Waals surface area (Å²) in [5.74, 6) is 1.75. The summed E-state index contributed by atoms with van der Waals surface area (Å²) < 4.78 is 5.47. The van der Waals surface area contributed by atoms with E-state index >= 15 is 0 Å². The maximum Gasteiger partial charge on any atom is 0.153 e. The second-order valence-corrected chi connectivity index (χ2v) is 4.02. The van der Waals surface area contributed by atoms with Crippen LogP contribution >= 0.6 is 11.3 Å². The number of hydrogen-bond acceptors (Lipinski definition) is 4. The Hall–Kier alpha value is -1.13. The summed E-state index contributed by atoms with van der Waals surface area (Å²) in [6, 6.07) is 3.88. The van der Waals surface area contributed by atoms with Gasteiger partial charge in [0.15, 0.2) is 5.76 Å². The minimum Gasteiger partial charge on any atom is -0.460 e. The Morgan fingerprint density at radius 2 is 2.36 bits per heavy atom. The van der Waals surface area contributed by atoms with Crippen molar-refractivity contribution < 1.29 is 4.42 Å². The monoisotopic (exact) mass is 208 g/mol. The molecule has 0 aromatic carbocycles. The Morgan fingerprint density at radius 1 is 1.50 bits per heavy atom. The normalized spacial score (nSPS) is 10.7. The van der Waals surface area contributed by atoms with Gasteiger partial charge in [0, 0.05) is 11.8 Å². The molecule has 0 saturated carbocycles. The summed E-state index contributed by atoms with van der Waals surface area (Å²) in [6.07, 6.45) is 0.838. The zero-order valence-electron chi connectivity index (χ0n) is 7.99. The summed E-state index contributed by atoms with van der Waals surface area (Å²) in [7, 11) is 0. The molecule has 2 aromatic heterocycles. The van der Waals surface area contributed by atoms with Gasteiger partial charge in [-0.1, -0.05) is 0 Å². The van der Waals surface area contributed by atoms with Gasteiger partial charge >= 0.3 is 0 Å². The van der Waals surface area contributed by atoms with Crippen molar-refractivity contribution in [3.05, 3.63) is 28.3 Å². The third kappa shape index (κ3) is 1.86. The zero-order valence-corrected chi connectivity index (χ0v) is 8.80. The Labute approximate surface area is 86.6 Å².